The van der Waals surface area contributed by atoms with Crippen LogP contribution in [0.25, 0.3) is 0 Å². The van der Waals surface area contributed by atoms with Crippen LogP contribution in [0.1, 0.15) is 30.0 Å². The maximum atomic E-state index is 10.00. The van der Waals surface area contributed by atoms with Gasteiger partial charge in [0.05, 0.1) is 12.3 Å². The summed E-state index contributed by atoms with van der Waals surface area (Å²) in [6, 6.07) is 15.5. The Hall–Kier alpha value is -1.27. The van der Waals surface area contributed by atoms with Crippen molar-refractivity contribution in [3.63, 3.8) is 0 Å². The van der Waals surface area contributed by atoms with Crippen LogP contribution in [0.5, 0.6) is 0 Å². The maximum absolute atomic E-state index is 10.00. The number of aliphatic hydroxyl groups is 1. The standard InChI is InChI=1S/C21H26BrN3O/c22-17-8-6-16(7-9-17)21-19-14-24(13-18-5-1-2-10-23-18)11-3-4-12-25(19)20(21)15-26/h1-2,5-10,19-21,26H,3-4,11-15H2/t19-,20-,21-/m1/s1. The molecule has 2 fully saturated rings. The van der Waals surface area contributed by atoms with Gasteiger partial charge in [-0.3, -0.25) is 14.8 Å². The Morgan fingerprint density at radius 2 is 1.88 bits per heavy atom. The van der Waals surface area contributed by atoms with Crippen LogP contribution < -0.4 is 0 Å². The first-order valence-electron chi connectivity index (χ1n) is 9.50. The van der Waals surface area contributed by atoms with E-state index in [1.54, 1.807) is 0 Å². The minimum atomic E-state index is 0.234. The molecule has 138 valence electrons. The number of benzene rings is 1. The monoisotopic (exact) mass is 415 g/mol. The summed E-state index contributed by atoms with van der Waals surface area (Å²) < 4.78 is 1.10. The van der Waals surface area contributed by atoms with Gasteiger partial charge in [-0.1, -0.05) is 34.1 Å². The molecule has 0 saturated carbocycles. The van der Waals surface area contributed by atoms with E-state index < -0.39 is 0 Å². The molecule has 1 aromatic carbocycles. The molecule has 4 rings (SSSR count). The number of aliphatic hydroxyl groups excluding tert-OH is 1. The summed E-state index contributed by atoms with van der Waals surface area (Å²) in [5.41, 5.74) is 2.48. The Morgan fingerprint density at radius 1 is 1.08 bits per heavy atom. The van der Waals surface area contributed by atoms with Gasteiger partial charge in [0.2, 0.25) is 0 Å². The van der Waals surface area contributed by atoms with Gasteiger partial charge in [-0.15, -0.1) is 0 Å². The van der Waals surface area contributed by atoms with Crippen LogP contribution >= 0.6 is 15.9 Å². The fraction of sp³-hybridized carbons (Fsp3) is 0.476. The smallest absolute Gasteiger partial charge is 0.0593 e. The van der Waals surface area contributed by atoms with Crippen LogP contribution in [0.15, 0.2) is 53.1 Å². The van der Waals surface area contributed by atoms with E-state index in [0.29, 0.717) is 12.0 Å². The van der Waals surface area contributed by atoms with Gasteiger partial charge in [-0.25, -0.2) is 0 Å². The molecule has 1 N–H and O–H groups in total. The first kappa shape index (κ1) is 18.1. The topological polar surface area (TPSA) is 39.6 Å². The molecule has 2 aliphatic rings. The summed E-state index contributed by atoms with van der Waals surface area (Å²) in [4.78, 5) is 9.57. The number of aromatic nitrogens is 1. The quantitative estimate of drug-likeness (QED) is 0.831. The van der Waals surface area contributed by atoms with E-state index >= 15 is 0 Å². The Balaban J connectivity index is 1.54. The highest BCUT2D eigenvalue weighted by Gasteiger charge is 2.48. The Kier molecular flexibility index (Phi) is 5.69. The molecule has 0 aliphatic carbocycles. The zero-order chi connectivity index (χ0) is 17.9. The summed E-state index contributed by atoms with van der Waals surface area (Å²) in [5, 5.41) is 10.00. The summed E-state index contributed by atoms with van der Waals surface area (Å²) in [5.74, 6) is 0.400. The molecular formula is C21H26BrN3O. The van der Waals surface area contributed by atoms with Gasteiger partial charge in [0.15, 0.2) is 0 Å². The fourth-order valence-electron chi connectivity index (χ4n) is 4.56. The highest BCUT2D eigenvalue weighted by atomic mass is 79.9. The van der Waals surface area contributed by atoms with E-state index in [-0.39, 0.29) is 12.6 Å². The van der Waals surface area contributed by atoms with Crippen molar-refractivity contribution >= 4 is 15.9 Å². The van der Waals surface area contributed by atoms with Crippen LogP contribution in [-0.2, 0) is 6.54 Å². The van der Waals surface area contributed by atoms with E-state index in [4.69, 9.17) is 0 Å². The van der Waals surface area contributed by atoms with Crippen molar-refractivity contribution in [2.75, 3.05) is 26.2 Å². The fourth-order valence-corrected chi connectivity index (χ4v) is 4.83. The SMILES string of the molecule is OC[C@@H]1[C@H](c2ccc(Br)cc2)[C@H]2CN(Cc3ccccn3)CCCCN12. The Labute approximate surface area is 164 Å². The molecule has 1 aromatic heterocycles. The van der Waals surface area contributed by atoms with E-state index in [0.717, 1.165) is 36.3 Å². The van der Waals surface area contributed by atoms with E-state index in [1.165, 1.54) is 18.4 Å². The van der Waals surface area contributed by atoms with Gasteiger partial charge >= 0.3 is 0 Å². The van der Waals surface area contributed by atoms with Gasteiger partial charge in [0.25, 0.3) is 0 Å². The van der Waals surface area contributed by atoms with Crippen molar-refractivity contribution in [2.24, 2.45) is 0 Å². The Bertz CT molecular complexity index is 709. The first-order valence-corrected chi connectivity index (χ1v) is 10.3. The number of rotatable bonds is 4. The number of fused-ring (bicyclic) bond motifs is 1. The van der Waals surface area contributed by atoms with Gasteiger partial charge in [0.1, 0.15) is 0 Å². The third-order valence-electron chi connectivity index (χ3n) is 5.82. The highest BCUT2D eigenvalue weighted by Crippen LogP contribution is 2.42. The van der Waals surface area contributed by atoms with Crippen molar-refractivity contribution in [3.8, 4) is 0 Å². The number of halogens is 1. The summed E-state index contributed by atoms with van der Waals surface area (Å²) in [6.45, 7) is 4.39. The van der Waals surface area contributed by atoms with Gasteiger partial charge in [-0.05, 0) is 55.8 Å². The maximum Gasteiger partial charge on any atom is 0.0593 e. The largest absolute Gasteiger partial charge is 0.395 e. The molecule has 2 saturated heterocycles. The van der Waals surface area contributed by atoms with Gasteiger partial charge < -0.3 is 5.11 Å². The minimum absolute atomic E-state index is 0.234. The lowest BCUT2D eigenvalue weighted by Gasteiger charge is -2.57. The lowest BCUT2D eigenvalue weighted by atomic mass is 9.74. The molecule has 3 heterocycles. The molecule has 2 aliphatic heterocycles. The lowest BCUT2D eigenvalue weighted by Crippen LogP contribution is -2.67. The molecule has 0 unspecified atom stereocenters. The second-order valence-corrected chi connectivity index (χ2v) is 8.31. The van der Waals surface area contributed by atoms with E-state index in [1.807, 2.05) is 12.3 Å². The molecule has 2 aromatic rings. The average molecular weight is 416 g/mol. The molecule has 3 atom stereocenters. The number of hydrogen-bond acceptors (Lipinski definition) is 4. The van der Waals surface area contributed by atoms with Crippen LogP contribution in [0, 0.1) is 0 Å². The van der Waals surface area contributed by atoms with Gasteiger partial charge in [0, 0.05) is 41.8 Å². The third kappa shape index (κ3) is 3.72. The van der Waals surface area contributed by atoms with Crippen LogP contribution in [0.3, 0.4) is 0 Å². The van der Waals surface area contributed by atoms with Crippen molar-refractivity contribution in [1.29, 1.82) is 0 Å². The van der Waals surface area contributed by atoms with Crippen LogP contribution in [0.4, 0.5) is 0 Å². The number of nitrogens with zero attached hydrogens (tertiary/aromatic N) is 3. The molecule has 0 amide bonds. The van der Waals surface area contributed by atoms with Crippen LogP contribution in [0.2, 0.25) is 0 Å². The van der Waals surface area contributed by atoms with Crippen molar-refractivity contribution < 1.29 is 5.11 Å². The van der Waals surface area contributed by atoms with Crippen molar-refractivity contribution in [2.45, 2.75) is 37.4 Å². The predicted octanol–water partition coefficient (Wildman–Crippen LogP) is 3.27. The summed E-state index contributed by atoms with van der Waals surface area (Å²) in [7, 11) is 0. The molecule has 4 nitrogen and oxygen atoms in total. The molecule has 5 heteroatoms. The second kappa shape index (κ2) is 8.17. The Morgan fingerprint density at radius 3 is 2.62 bits per heavy atom. The molecule has 0 radical (unpaired) electrons. The predicted molar refractivity (Wildman–Crippen MR) is 107 cm³/mol. The van der Waals surface area contributed by atoms with Gasteiger partial charge in [-0.2, -0.15) is 0 Å². The molecule has 0 bridgehead atoms. The number of pyridine rings is 1. The van der Waals surface area contributed by atoms with E-state index in [9.17, 15) is 5.11 Å². The first-order chi connectivity index (χ1) is 12.8. The van der Waals surface area contributed by atoms with E-state index in [2.05, 4.69) is 67.1 Å². The summed E-state index contributed by atoms with van der Waals surface area (Å²) >= 11 is 3.53. The normalized spacial score (nSPS) is 27.2. The summed E-state index contributed by atoms with van der Waals surface area (Å²) in [6.07, 6.45) is 4.28. The number of hydrogen-bond donors (Lipinski definition) is 1. The van der Waals surface area contributed by atoms with Crippen molar-refractivity contribution in [3.05, 3.63) is 64.4 Å². The zero-order valence-corrected chi connectivity index (χ0v) is 16.6. The minimum Gasteiger partial charge on any atom is -0.395 e. The zero-order valence-electron chi connectivity index (χ0n) is 15.0. The lowest BCUT2D eigenvalue weighted by molar-refractivity contribution is -0.0656. The molecule has 26 heavy (non-hydrogen) atoms. The highest BCUT2D eigenvalue weighted by molar-refractivity contribution is 9.10. The molecule has 0 spiro atoms. The van der Waals surface area contributed by atoms with Crippen LogP contribution in [-0.4, -0.2) is 58.2 Å². The average Bonchev–Trinajstić information content (AvgIpc) is 2.65. The van der Waals surface area contributed by atoms with Crippen molar-refractivity contribution in [1.82, 2.24) is 14.8 Å². The molecular weight excluding hydrogens is 390 g/mol. The third-order valence-corrected chi connectivity index (χ3v) is 6.35. The second-order valence-electron chi connectivity index (χ2n) is 7.40.